The summed E-state index contributed by atoms with van der Waals surface area (Å²) in [6.07, 6.45) is 0. The van der Waals surface area contributed by atoms with Crippen LogP contribution in [0.4, 0.5) is 8.78 Å². The first-order valence-corrected chi connectivity index (χ1v) is 5.29. The van der Waals surface area contributed by atoms with E-state index in [2.05, 4.69) is 10.2 Å². The van der Waals surface area contributed by atoms with Crippen molar-refractivity contribution in [3.8, 4) is 0 Å². The standard InChI is InChI=1S/C12H12F2N2O/c1-8(2)10-15-16-11(17-10)12(13,14)9-6-4-3-5-7-9/h3-8H,1-2H3. The Balaban J connectivity index is 2.37. The number of hydrogen-bond acceptors (Lipinski definition) is 3. The molecule has 90 valence electrons. The third-order valence-electron chi connectivity index (χ3n) is 2.34. The van der Waals surface area contributed by atoms with Crippen molar-refractivity contribution in [3.05, 3.63) is 47.7 Å². The van der Waals surface area contributed by atoms with Crippen LogP contribution in [0.5, 0.6) is 0 Å². The first-order chi connectivity index (χ1) is 8.01. The lowest BCUT2D eigenvalue weighted by atomic mass is 10.1. The summed E-state index contributed by atoms with van der Waals surface area (Å²) in [4.78, 5) is 0. The molecular formula is C12H12F2N2O. The van der Waals surface area contributed by atoms with E-state index in [0.29, 0.717) is 0 Å². The molecule has 0 bridgehead atoms. The normalized spacial score (nSPS) is 12.1. The van der Waals surface area contributed by atoms with E-state index < -0.39 is 11.8 Å². The van der Waals surface area contributed by atoms with Gasteiger partial charge in [-0.25, -0.2) is 0 Å². The third kappa shape index (κ3) is 2.18. The molecule has 2 rings (SSSR count). The SMILES string of the molecule is CC(C)c1nnc(C(F)(F)c2ccccc2)o1. The van der Waals surface area contributed by atoms with Gasteiger partial charge in [0.05, 0.1) is 0 Å². The smallest absolute Gasteiger partial charge is 0.349 e. The maximum absolute atomic E-state index is 14.0. The van der Waals surface area contributed by atoms with Crippen LogP contribution < -0.4 is 0 Å². The number of hydrogen-bond donors (Lipinski definition) is 0. The number of benzene rings is 1. The van der Waals surface area contributed by atoms with E-state index >= 15 is 0 Å². The van der Waals surface area contributed by atoms with E-state index in [1.165, 1.54) is 12.1 Å². The van der Waals surface area contributed by atoms with Gasteiger partial charge in [0.25, 0.3) is 5.89 Å². The molecule has 0 spiro atoms. The quantitative estimate of drug-likeness (QED) is 0.823. The van der Waals surface area contributed by atoms with Gasteiger partial charge in [-0.3, -0.25) is 0 Å². The second kappa shape index (κ2) is 4.24. The lowest BCUT2D eigenvalue weighted by molar-refractivity contribution is 0.0118. The summed E-state index contributed by atoms with van der Waals surface area (Å²) in [6, 6.07) is 7.43. The first kappa shape index (κ1) is 11.7. The molecule has 0 atom stereocenters. The van der Waals surface area contributed by atoms with Crippen molar-refractivity contribution in [1.29, 1.82) is 0 Å². The summed E-state index contributed by atoms with van der Waals surface area (Å²) in [5.74, 6) is -3.76. The van der Waals surface area contributed by atoms with E-state index in [1.54, 1.807) is 32.0 Å². The van der Waals surface area contributed by atoms with Crippen molar-refractivity contribution in [2.45, 2.75) is 25.7 Å². The molecule has 0 radical (unpaired) electrons. The first-order valence-electron chi connectivity index (χ1n) is 5.29. The number of nitrogens with zero attached hydrogens (tertiary/aromatic N) is 2. The summed E-state index contributed by atoms with van der Waals surface area (Å²) in [7, 11) is 0. The molecular weight excluding hydrogens is 226 g/mol. The minimum atomic E-state index is -3.25. The fourth-order valence-corrected chi connectivity index (χ4v) is 1.37. The fourth-order valence-electron chi connectivity index (χ4n) is 1.37. The molecule has 0 saturated heterocycles. The molecule has 0 aliphatic rings. The van der Waals surface area contributed by atoms with Crippen LogP contribution in [0.15, 0.2) is 34.7 Å². The molecule has 17 heavy (non-hydrogen) atoms. The Labute approximate surface area is 97.5 Å². The van der Waals surface area contributed by atoms with E-state index in [4.69, 9.17) is 4.42 Å². The van der Waals surface area contributed by atoms with Crippen molar-refractivity contribution < 1.29 is 13.2 Å². The zero-order valence-electron chi connectivity index (χ0n) is 9.52. The molecule has 1 aromatic heterocycles. The van der Waals surface area contributed by atoms with Crippen LogP contribution in [0.3, 0.4) is 0 Å². The Morgan fingerprint density at radius 1 is 1.12 bits per heavy atom. The maximum Gasteiger partial charge on any atom is 0.349 e. The van der Waals surface area contributed by atoms with Crippen LogP contribution in [-0.4, -0.2) is 10.2 Å². The van der Waals surface area contributed by atoms with Gasteiger partial charge < -0.3 is 4.42 Å². The molecule has 0 N–H and O–H groups in total. The minimum Gasteiger partial charge on any atom is -0.419 e. The Morgan fingerprint density at radius 2 is 1.76 bits per heavy atom. The highest BCUT2D eigenvalue weighted by Gasteiger charge is 2.40. The monoisotopic (exact) mass is 238 g/mol. The highest BCUT2D eigenvalue weighted by molar-refractivity contribution is 5.24. The van der Waals surface area contributed by atoms with Gasteiger partial charge in [-0.2, -0.15) is 8.78 Å². The van der Waals surface area contributed by atoms with Crippen LogP contribution in [0.2, 0.25) is 0 Å². The van der Waals surface area contributed by atoms with Crippen LogP contribution in [0.25, 0.3) is 0 Å². The molecule has 0 amide bonds. The lowest BCUT2D eigenvalue weighted by Gasteiger charge is -2.11. The molecule has 0 aliphatic heterocycles. The molecule has 0 saturated carbocycles. The van der Waals surface area contributed by atoms with Gasteiger partial charge in [0.1, 0.15) is 0 Å². The van der Waals surface area contributed by atoms with Crippen molar-refractivity contribution in [2.75, 3.05) is 0 Å². The Hall–Kier alpha value is -1.78. The number of aromatic nitrogens is 2. The third-order valence-corrected chi connectivity index (χ3v) is 2.34. The van der Waals surface area contributed by atoms with Gasteiger partial charge in [0.2, 0.25) is 5.89 Å². The summed E-state index contributed by atoms with van der Waals surface area (Å²) in [5, 5.41) is 7.03. The average Bonchev–Trinajstić information content (AvgIpc) is 2.80. The highest BCUT2D eigenvalue weighted by atomic mass is 19.3. The molecule has 3 nitrogen and oxygen atoms in total. The maximum atomic E-state index is 14.0. The highest BCUT2D eigenvalue weighted by Crippen LogP contribution is 2.34. The Kier molecular flexibility index (Phi) is 2.92. The lowest BCUT2D eigenvalue weighted by Crippen LogP contribution is -2.15. The van der Waals surface area contributed by atoms with Crippen molar-refractivity contribution >= 4 is 0 Å². The van der Waals surface area contributed by atoms with Gasteiger partial charge in [-0.05, 0) is 0 Å². The summed E-state index contributed by atoms with van der Waals surface area (Å²) < 4.78 is 32.9. The molecule has 1 heterocycles. The van der Waals surface area contributed by atoms with Gasteiger partial charge in [0.15, 0.2) is 0 Å². The predicted octanol–water partition coefficient (Wildman–Crippen LogP) is 3.33. The fraction of sp³-hybridized carbons (Fsp3) is 0.333. The van der Waals surface area contributed by atoms with E-state index in [-0.39, 0.29) is 17.4 Å². The minimum absolute atomic E-state index is 0.0668. The molecule has 1 aromatic carbocycles. The largest absolute Gasteiger partial charge is 0.419 e. The second-order valence-electron chi connectivity index (χ2n) is 4.04. The number of halogens is 2. The van der Waals surface area contributed by atoms with Gasteiger partial charge in [-0.1, -0.05) is 44.2 Å². The number of rotatable bonds is 3. The molecule has 5 heteroatoms. The van der Waals surface area contributed by atoms with Gasteiger partial charge >= 0.3 is 5.92 Å². The van der Waals surface area contributed by atoms with Crippen LogP contribution in [0.1, 0.15) is 37.1 Å². The van der Waals surface area contributed by atoms with Crippen LogP contribution in [0, 0.1) is 0 Å². The molecule has 2 aromatic rings. The van der Waals surface area contributed by atoms with Gasteiger partial charge in [0, 0.05) is 11.5 Å². The summed E-state index contributed by atoms with van der Waals surface area (Å²) in [5.41, 5.74) is -0.154. The average molecular weight is 238 g/mol. The summed E-state index contributed by atoms with van der Waals surface area (Å²) >= 11 is 0. The van der Waals surface area contributed by atoms with E-state index in [0.717, 1.165) is 0 Å². The Bertz CT molecular complexity index is 494. The van der Waals surface area contributed by atoms with E-state index in [9.17, 15) is 8.78 Å². The molecule has 0 fully saturated rings. The predicted molar refractivity (Wildman–Crippen MR) is 57.8 cm³/mol. The zero-order chi connectivity index (χ0) is 12.5. The van der Waals surface area contributed by atoms with E-state index in [1.807, 2.05) is 0 Å². The van der Waals surface area contributed by atoms with Crippen molar-refractivity contribution in [1.82, 2.24) is 10.2 Å². The Morgan fingerprint density at radius 3 is 2.29 bits per heavy atom. The van der Waals surface area contributed by atoms with Crippen LogP contribution in [-0.2, 0) is 5.92 Å². The van der Waals surface area contributed by atoms with Crippen molar-refractivity contribution in [2.24, 2.45) is 0 Å². The second-order valence-corrected chi connectivity index (χ2v) is 4.04. The molecule has 0 unspecified atom stereocenters. The van der Waals surface area contributed by atoms with Crippen molar-refractivity contribution in [3.63, 3.8) is 0 Å². The van der Waals surface area contributed by atoms with Gasteiger partial charge in [-0.15, -0.1) is 10.2 Å². The molecule has 0 aliphatic carbocycles. The van der Waals surface area contributed by atoms with Crippen LogP contribution >= 0.6 is 0 Å². The topological polar surface area (TPSA) is 38.9 Å². The zero-order valence-corrected chi connectivity index (χ0v) is 9.52. The number of alkyl halides is 2. The summed E-state index contributed by atoms with van der Waals surface area (Å²) in [6.45, 7) is 3.61.